The highest BCUT2D eigenvalue weighted by Gasteiger charge is 2.31. The van der Waals surface area contributed by atoms with E-state index in [0.717, 1.165) is 18.4 Å². The van der Waals surface area contributed by atoms with Crippen molar-refractivity contribution in [3.05, 3.63) is 47.4 Å². The van der Waals surface area contributed by atoms with E-state index in [1.165, 1.54) is 25.5 Å². The average Bonchev–Trinajstić information content (AvgIpc) is 2.50. The predicted octanol–water partition coefficient (Wildman–Crippen LogP) is 4.84. The van der Waals surface area contributed by atoms with E-state index in [0.29, 0.717) is 6.08 Å². The number of unbranched alkanes of at least 4 members (excludes halogenated alkanes) is 4. The van der Waals surface area contributed by atoms with Crippen LogP contribution in [0.1, 0.15) is 50.3 Å². The zero-order valence-electron chi connectivity index (χ0n) is 13.2. The summed E-state index contributed by atoms with van der Waals surface area (Å²) in [4.78, 5) is 3.92. The quantitative estimate of drug-likeness (QED) is 0.531. The molecule has 0 amide bonds. The highest BCUT2D eigenvalue weighted by atomic mass is 19.4. The van der Waals surface area contributed by atoms with Gasteiger partial charge in [-0.2, -0.15) is 13.2 Å². The van der Waals surface area contributed by atoms with Gasteiger partial charge in [-0.3, -0.25) is 10.4 Å². The molecule has 1 aromatic heterocycles. The molecular formula is C17H22F3N3. The molecule has 0 bridgehead atoms. The molecule has 1 rings (SSSR count). The molecule has 0 aliphatic carbocycles. The molecule has 6 heteroatoms. The summed E-state index contributed by atoms with van der Waals surface area (Å²) in [5, 5.41) is 7.68. The monoisotopic (exact) mass is 325 g/mol. The summed E-state index contributed by atoms with van der Waals surface area (Å²) in [5.41, 5.74) is 4.21. The van der Waals surface area contributed by atoms with Gasteiger partial charge in [0.2, 0.25) is 0 Å². The maximum absolute atomic E-state index is 12.4. The minimum Gasteiger partial charge on any atom is -0.395 e. The highest BCUT2D eigenvalue weighted by molar-refractivity contribution is 6.05. The van der Waals surface area contributed by atoms with Crippen LogP contribution in [-0.2, 0) is 0 Å². The molecular weight excluding hydrogens is 303 g/mol. The number of halogens is 3. The Morgan fingerprint density at radius 3 is 2.70 bits per heavy atom. The van der Waals surface area contributed by atoms with Crippen LogP contribution >= 0.6 is 0 Å². The number of rotatable bonds is 8. The standard InChI is InChI=1S/C17H22F3N3/c1-2-3-4-5-6-7-8-13-9-10-23-15(11-13)14(21)12-16(22)17(18,19)20/h7-12,21H,2-6,22H2,1H3/b8-7+,16-12?,21-14?. The summed E-state index contributed by atoms with van der Waals surface area (Å²) in [6.45, 7) is 2.16. The fraction of sp³-hybridized carbons (Fsp3) is 0.412. The van der Waals surface area contributed by atoms with Crippen molar-refractivity contribution in [2.75, 3.05) is 0 Å². The van der Waals surface area contributed by atoms with E-state index in [9.17, 15) is 13.2 Å². The maximum atomic E-state index is 12.4. The molecule has 0 atom stereocenters. The molecule has 0 aliphatic heterocycles. The van der Waals surface area contributed by atoms with Gasteiger partial charge in [-0.05, 0) is 36.6 Å². The number of nitrogens with zero attached hydrogens (tertiary/aromatic N) is 1. The summed E-state index contributed by atoms with van der Waals surface area (Å²) in [5.74, 6) is 0. The first-order valence-corrected chi connectivity index (χ1v) is 7.60. The first kappa shape index (κ1) is 18.9. The molecule has 0 saturated heterocycles. The third-order valence-electron chi connectivity index (χ3n) is 3.22. The first-order valence-electron chi connectivity index (χ1n) is 7.60. The number of allylic oxidation sites excluding steroid dienone is 3. The van der Waals surface area contributed by atoms with Gasteiger partial charge in [-0.25, -0.2) is 0 Å². The second-order valence-electron chi connectivity index (χ2n) is 5.24. The zero-order valence-corrected chi connectivity index (χ0v) is 13.2. The Kier molecular flexibility index (Phi) is 7.51. The Morgan fingerprint density at radius 1 is 1.30 bits per heavy atom. The van der Waals surface area contributed by atoms with Crippen LogP contribution in [0, 0.1) is 5.41 Å². The largest absolute Gasteiger partial charge is 0.430 e. The van der Waals surface area contributed by atoms with Crippen LogP contribution in [0.2, 0.25) is 0 Å². The topological polar surface area (TPSA) is 62.8 Å². The molecule has 0 saturated carbocycles. The summed E-state index contributed by atoms with van der Waals surface area (Å²) < 4.78 is 37.1. The van der Waals surface area contributed by atoms with Crippen LogP contribution in [0.3, 0.4) is 0 Å². The molecule has 3 nitrogen and oxygen atoms in total. The van der Waals surface area contributed by atoms with Crippen molar-refractivity contribution in [1.82, 2.24) is 4.98 Å². The molecule has 3 N–H and O–H groups in total. The number of hydrogen-bond acceptors (Lipinski definition) is 3. The summed E-state index contributed by atoms with van der Waals surface area (Å²) >= 11 is 0. The average molecular weight is 325 g/mol. The Labute approximate surface area is 134 Å². The molecule has 0 aromatic carbocycles. The lowest BCUT2D eigenvalue weighted by atomic mass is 10.1. The lowest BCUT2D eigenvalue weighted by Gasteiger charge is -2.06. The SMILES string of the molecule is CCCCCC/C=C/c1ccnc(C(=N)C=C(N)C(F)(F)F)c1. The van der Waals surface area contributed by atoms with E-state index in [1.807, 2.05) is 12.2 Å². The van der Waals surface area contributed by atoms with Gasteiger partial charge >= 0.3 is 6.18 Å². The molecule has 23 heavy (non-hydrogen) atoms. The zero-order chi connectivity index (χ0) is 17.3. The Balaban J connectivity index is 2.69. The fourth-order valence-electron chi connectivity index (χ4n) is 1.92. The smallest absolute Gasteiger partial charge is 0.395 e. The van der Waals surface area contributed by atoms with Crippen LogP contribution in [0.15, 0.2) is 36.2 Å². The molecule has 1 heterocycles. The van der Waals surface area contributed by atoms with Gasteiger partial charge in [-0.1, -0.05) is 38.3 Å². The molecule has 0 fully saturated rings. The van der Waals surface area contributed by atoms with E-state index in [4.69, 9.17) is 11.1 Å². The van der Waals surface area contributed by atoms with Crippen molar-refractivity contribution in [3.63, 3.8) is 0 Å². The number of nitrogens with two attached hydrogens (primary N) is 1. The van der Waals surface area contributed by atoms with Gasteiger partial charge in [0.15, 0.2) is 0 Å². The van der Waals surface area contributed by atoms with E-state index in [-0.39, 0.29) is 11.4 Å². The highest BCUT2D eigenvalue weighted by Crippen LogP contribution is 2.21. The van der Waals surface area contributed by atoms with Crippen LogP contribution < -0.4 is 5.73 Å². The fourth-order valence-corrected chi connectivity index (χ4v) is 1.92. The van der Waals surface area contributed by atoms with Gasteiger partial charge in [0, 0.05) is 6.20 Å². The second-order valence-corrected chi connectivity index (χ2v) is 5.24. The molecule has 0 aliphatic rings. The molecule has 126 valence electrons. The second kappa shape index (κ2) is 9.12. The molecule has 0 unspecified atom stereocenters. The first-order chi connectivity index (χ1) is 10.8. The summed E-state index contributed by atoms with van der Waals surface area (Å²) in [6.07, 6.45) is 7.00. The summed E-state index contributed by atoms with van der Waals surface area (Å²) in [6, 6.07) is 3.32. The van der Waals surface area contributed by atoms with Crippen molar-refractivity contribution in [2.24, 2.45) is 5.73 Å². The van der Waals surface area contributed by atoms with Gasteiger partial charge in [-0.15, -0.1) is 0 Å². The van der Waals surface area contributed by atoms with Crippen LogP contribution in [0.5, 0.6) is 0 Å². The van der Waals surface area contributed by atoms with Gasteiger partial charge in [0.1, 0.15) is 5.70 Å². The van der Waals surface area contributed by atoms with Crippen molar-refractivity contribution in [3.8, 4) is 0 Å². The van der Waals surface area contributed by atoms with E-state index in [2.05, 4.69) is 11.9 Å². The number of pyridine rings is 1. The minimum atomic E-state index is -4.64. The number of alkyl halides is 3. The minimum absolute atomic E-state index is 0.158. The Bertz CT molecular complexity index is 575. The maximum Gasteiger partial charge on any atom is 0.430 e. The normalized spacial score (nSPS) is 12.8. The van der Waals surface area contributed by atoms with Crippen molar-refractivity contribution < 1.29 is 13.2 Å². The molecule has 0 radical (unpaired) electrons. The third-order valence-corrected chi connectivity index (χ3v) is 3.22. The van der Waals surface area contributed by atoms with Crippen LogP contribution in [0.4, 0.5) is 13.2 Å². The lowest BCUT2D eigenvalue weighted by Crippen LogP contribution is -2.20. The predicted molar refractivity (Wildman–Crippen MR) is 87.2 cm³/mol. The van der Waals surface area contributed by atoms with Crippen molar-refractivity contribution >= 4 is 11.8 Å². The van der Waals surface area contributed by atoms with Crippen molar-refractivity contribution in [1.29, 1.82) is 5.41 Å². The van der Waals surface area contributed by atoms with Crippen LogP contribution in [-0.4, -0.2) is 16.9 Å². The van der Waals surface area contributed by atoms with Gasteiger partial charge < -0.3 is 5.73 Å². The Hall–Kier alpha value is -2.11. The van der Waals surface area contributed by atoms with Crippen LogP contribution in [0.25, 0.3) is 6.08 Å². The molecule has 1 aromatic rings. The number of aromatic nitrogens is 1. The Morgan fingerprint density at radius 2 is 2.04 bits per heavy atom. The summed E-state index contributed by atoms with van der Waals surface area (Å²) in [7, 11) is 0. The van der Waals surface area contributed by atoms with Gasteiger partial charge in [0.25, 0.3) is 0 Å². The van der Waals surface area contributed by atoms with E-state index >= 15 is 0 Å². The number of hydrogen-bond donors (Lipinski definition) is 2. The van der Waals surface area contributed by atoms with E-state index < -0.39 is 11.9 Å². The lowest BCUT2D eigenvalue weighted by molar-refractivity contribution is -0.0925. The molecule has 0 spiro atoms. The van der Waals surface area contributed by atoms with Crippen molar-refractivity contribution in [2.45, 2.75) is 45.2 Å². The number of nitrogens with one attached hydrogen (secondary N) is 1. The van der Waals surface area contributed by atoms with Gasteiger partial charge in [0.05, 0.1) is 11.4 Å². The van der Waals surface area contributed by atoms with E-state index in [1.54, 1.807) is 12.1 Å². The third kappa shape index (κ3) is 7.13.